The first kappa shape index (κ1) is 19.5. The van der Waals surface area contributed by atoms with Crippen LogP contribution in [-0.4, -0.2) is 11.0 Å². The van der Waals surface area contributed by atoms with Crippen LogP contribution in [0.4, 0.5) is 0 Å². The second-order valence-electron chi connectivity index (χ2n) is 6.35. The number of rotatable bonds is 6. The predicted octanol–water partition coefficient (Wildman–Crippen LogP) is 4.63. The van der Waals surface area contributed by atoms with Gasteiger partial charge in [0.1, 0.15) is 11.8 Å². The van der Waals surface area contributed by atoms with Crippen molar-refractivity contribution in [1.82, 2.24) is 5.32 Å². The normalized spacial score (nSPS) is 10.3. The van der Waals surface area contributed by atoms with Crippen LogP contribution >= 0.6 is 11.6 Å². The van der Waals surface area contributed by atoms with Crippen LogP contribution < -0.4 is 5.32 Å². The predicted molar refractivity (Wildman–Crippen MR) is 109 cm³/mol. The minimum Gasteiger partial charge on any atom is -0.507 e. The summed E-state index contributed by atoms with van der Waals surface area (Å²) in [5.41, 5.74) is 3.29. The number of carbonyl (C=O) groups excluding carboxylic acids is 1. The Morgan fingerprint density at radius 3 is 2.39 bits per heavy atom. The zero-order valence-electron chi connectivity index (χ0n) is 15.2. The lowest BCUT2D eigenvalue weighted by Crippen LogP contribution is -2.23. The van der Waals surface area contributed by atoms with Crippen molar-refractivity contribution in [1.29, 1.82) is 5.26 Å². The van der Waals surface area contributed by atoms with Crippen LogP contribution in [0.1, 0.15) is 32.6 Å². The summed E-state index contributed by atoms with van der Waals surface area (Å²) in [4.78, 5) is 12.3. The van der Waals surface area contributed by atoms with Gasteiger partial charge in [0, 0.05) is 17.1 Å². The summed E-state index contributed by atoms with van der Waals surface area (Å²) in [5, 5.41) is 23.1. The SMILES string of the molecule is N#Cc1c(O)ccc(CNC(=O)c2ccccc2)c1CCc1ccccc1Cl. The third kappa shape index (κ3) is 4.51. The lowest BCUT2D eigenvalue weighted by molar-refractivity contribution is 0.0951. The molecular weight excluding hydrogens is 372 g/mol. The summed E-state index contributed by atoms with van der Waals surface area (Å²) in [6, 6.07) is 21.8. The van der Waals surface area contributed by atoms with E-state index in [0.29, 0.717) is 23.4 Å². The summed E-state index contributed by atoms with van der Waals surface area (Å²) in [5.74, 6) is -0.251. The molecule has 0 atom stereocenters. The molecule has 3 rings (SSSR count). The van der Waals surface area contributed by atoms with Crippen molar-refractivity contribution in [2.75, 3.05) is 0 Å². The van der Waals surface area contributed by atoms with E-state index in [0.717, 1.165) is 16.7 Å². The van der Waals surface area contributed by atoms with Crippen LogP contribution in [0.5, 0.6) is 5.75 Å². The van der Waals surface area contributed by atoms with E-state index < -0.39 is 0 Å². The fraction of sp³-hybridized carbons (Fsp3) is 0.130. The van der Waals surface area contributed by atoms with Crippen LogP contribution in [0.3, 0.4) is 0 Å². The Labute approximate surface area is 169 Å². The minimum atomic E-state index is -0.191. The molecule has 28 heavy (non-hydrogen) atoms. The van der Waals surface area contributed by atoms with Crippen LogP contribution in [-0.2, 0) is 19.4 Å². The van der Waals surface area contributed by atoms with Crippen LogP contribution in [0, 0.1) is 11.3 Å². The van der Waals surface area contributed by atoms with Gasteiger partial charge in [0.25, 0.3) is 5.91 Å². The molecule has 0 radical (unpaired) electrons. The summed E-state index contributed by atoms with van der Waals surface area (Å²) < 4.78 is 0. The average Bonchev–Trinajstić information content (AvgIpc) is 2.72. The minimum absolute atomic E-state index is 0.0604. The van der Waals surface area contributed by atoms with Gasteiger partial charge in [-0.2, -0.15) is 5.26 Å². The Hall–Kier alpha value is -3.29. The van der Waals surface area contributed by atoms with Gasteiger partial charge < -0.3 is 10.4 Å². The Morgan fingerprint density at radius 2 is 1.68 bits per heavy atom. The number of nitriles is 1. The molecule has 2 N–H and O–H groups in total. The van der Waals surface area contributed by atoms with Crippen molar-refractivity contribution in [3.05, 3.63) is 99.6 Å². The molecule has 3 aromatic rings. The lowest BCUT2D eigenvalue weighted by Gasteiger charge is -2.14. The van der Waals surface area contributed by atoms with Crippen molar-refractivity contribution in [3.63, 3.8) is 0 Å². The van der Waals surface area contributed by atoms with Crippen LogP contribution in [0.15, 0.2) is 66.7 Å². The van der Waals surface area contributed by atoms with Crippen LogP contribution in [0.25, 0.3) is 0 Å². The summed E-state index contributed by atoms with van der Waals surface area (Å²) in [6.45, 7) is 0.264. The van der Waals surface area contributed by atoms with Gasteiger partial charge in [-0.25, -0.2) is 0 Å². The molecule has 0 heterocycles. The Morgan fingerprint density at radius 1 is 0.964 bits per heavy atom. The van der Waals surface area contributed by atoms with Gasteiger partial charge in [0.05, 0.1) is 5.56 Å². The number of nitrogens with zero attached hydrogens (tertiary/aromatic N) is 1. The monoisotopic (exact) mass is 390 g/mol. The number of hydrogen-bond donors (Lipinski definition) is 2. The zero-order chi connectivity index (χ0) is 19.9. The molecule has 3 aromatic carbocycles. The van der Waals surface area contributed by atoms with Gasteiger partial charge in [-0.05, 0) is 53.8 Å². The zero-order valence-corrected chi connectivity index (χ0v) is 15.9. The number of aryl methyl sites for hydroxylation is 1. The molecule has 0 saturated carbocycles. The van der Waals surface area contributed by atoms with Crippen molar-refractivity contribution in [2.24, 2.45) is 0 Å². The first-order valence-electron chi connectivity index (χ1n) is 8.90. The van der Waals surface area contributed by atoms with E-state index in [1.807, 2.05) is 30.3 Å². The third-order valence-electron chi connectivity index (χ3n) is 4.58. The first-order chi connectivity index (χ1) is 13.6. The number of hydrogen-bond acceptors (Lipinski definition) is 3. The van der Waals surface area contributed by atoms with Crippen molar-refractivity contribution in [3.8, 4) is 11.8 Å². The number of aromatic hydroxyl groups is 1. The molecule has 0 unspecified atom stereocenters. The van der Waals surface area contributed by atoms with Crippen molar-refractivity contribution < 1.29 is 9.90 Å². The Balaban J connectivity index is 1.82. The topological polar surface area (TPSA) is 73.1 Å². The molecule has 0 fully saturated rings. The van der Waals surface area contributed by atoms with E-state index in [4.69, 9.17) is 11.6 Å². The standard InChI is InChI=1S/C23H19ClN2O2/c24-21-9-5-4-6-16(21)10-12-19-18(11-13-22(27)20(19)14-25)15-26-23(28)17-7-2-1-3-8-17/h1-9,11,13,27H,10,12,15H2,(H,26,28). The highest BCUT2D eigenvalue weighted by Gasteiger charge is 2.15. The Bertz CT molecular complexity index is 1030. The highest BCUT2D eigenvalue weighted by Crippen LogP contribution is 2.26. The van der Waals surface area contributed by atoms with E-state index in [1.54, 1.807) is 30.3 Å². The maximum atomic E-state index is 12.3. The van der Waals surface area contributed by atoms with Crippen molar-refractivity contribution in [2.45, 2.75) is 19.4 Å². The smallest absolute Gasteiger partial charge is 0.251 e. The maximum absolute atomic E-state index is 12.3. The molecule has 0 aliphatic carbocycles. The number of amides is 1. The van der Waals surface area contributed by atoms with Gasteiger partial charge in [-0.1, -0.05) is 54.1 Å². The highest BCUT2D eigenvalue weighted by atomic mass is 35.5. The maximum Gasteiger partial charge on any atom is 0.251 e. The molecular formula is C23H19ClN2O2. The number of carbonyl (C=O) groups is 1. The molecule has 0 spiro atoms. The second kappa shape index (κ2) is 9.07. The Kier molecular flexibility index (Phi) is 6.31. The highest BCUT2D eigenvalue weighted by molar-refractivity contribution is 6.31. The molecule has 0 aliphatic rings. The average molecular weight is 391 g/mol. The number of phenols is 1. The molecule has 0 saturated heterocycles. The number of halogens is 1. The number of nitrogens with one attached hydrogen (secondary N) is 1. The molecule has 5 heteroatoms. The fourth-order valence-corrected chi connectivity index (χ4v) is 3.31. The van der Waals surface area contributed by atoms with Crippen LogP contribution in [0.2, 0.25) is 5.02 Å². The molecule has 0 bridgehead atoms. The van der Waals surface area contributed by atoms with E-state index in [-0.39, 0.29) is 23.8 Å². The number of benzene rings is 3. The fourth-order valence-electron chi connectivity index (χ4n) is 3.08. The van der Waals surface area contributed by atoms with Crippen molar-refractivity contribution >= 4 is 17.5 Å². The second-order valence-corrected chi connectivity index (χ2v) is 6.76. The van der Waals surface area contributed by atoms with Gasteiger partial charge in [-0.15, -0.1) is 0 Å². The largest absolute Gasteiger partial charge is 0.507 e. The number of phenolic OH excluding ortho intramolecular Hbond substituents is 1. The van der Waals surface area contributed by atoms with Gasteiger partial charge >= 0.3 is 0 Å². The van der Waals surface area contributed by atoms with Gasteiger partial charge in [0.15, 0.2) is 0 Å². The van der Waals surface area contributed by atoms with Gasteiger partial charge in [0.2, 0.25) is 0 Å². The molecule has 0 aliphatic heterocycles. The summed E-state index contributed by atoms with van der Waals surface area (Å²) in [6.07, 6.45) is 1.15. The summed E-state index contributed by atoms with van der Waals surface area (Å²) >= 11 is 6.23. The third-order valence-corrected chi connectivity index (χ3v) is 4.95. The van der Waals surface area contributed by atoms with E-state index in [1.165, 1.54) is 6.07 Å². The van der Waals surface area contributed by atoms with E-state index in [9.17, 15) is 15.2 Å². The molecule has 0 aromatic heterocycles. The quantitative estimate of drug-likeness (QED) is 0.644. The van der Waals surface area contributed by atoms with E-state index >= 15 is 0 Å². The van der Waals surface area contributed by atoms with E-state index in [2.05, 4.69) is 11.4 Å². The lowest BCUT2D eigenvalue weighted by atomic mass is 9.94. The van der Waals surface area contributed by atoms with Gasteiger partial charge in [-0.3, -0.25) is 4.79 Å². The summed E-state index contributed by atoms with van der Waals surface area (Å²) in [7, 11) is 0. The molecule has 4 nitrogen and oxygen atoms in total. The molecule has 140 valence electrons. The molecule has 1 amide bonds. The first-order valence-corrected chi connectivity index (χ1v) is 9.28.